The van der Waals surface area contributed by atoms with Gasteiger partial charge in [-0.1, -0.05) is 18.2 Å². The molecule has 6 rings (SSSR count). The first-order chi connectivity index (χ1) is 17.0. The van der Waals surface area contributed by atoms with E-state index in [1.165, 1.54) is 12.4 Å². The number of alkyl halides is 2. The molecule has 0 radical (unpaired) electrons. The van der Waals surface area contributed by atoms with Crippen LogP contribution in [0.5, 0.6) is 0 Å². The van der Waals surface area contributed by atoms with Gasteiger partial charge in [0.2, 0.25) is 0 Å². The third-order valence-electron chi connectivity index (χ3n) is 6.00. The van der Waals surface area contributed by atoms with Crippen molar-refractivity contribution in [1.29, 1.82) is 5.41 Å². The summed E-state index contributed by atoms with van der Waals surface area (Å²) in [4.78, 5) is 24.7. The molecule has 1 aromatic carbocycles. The van der Waals surface area contributed by atoms with Gasteiger partial charge in [0.05, 0.1) is 34.9 Å². The van der Waals surface area contributed by atoms with Crippen molar-refractivity contribution in [1.82, 2.24) is 34.9 Å². The highest BCUT2D eigenvalue weighted by Crippen LogP contribution is 2.38. The minimum absolute atomic E-state index is 0.0128. The number of hydrogen-bond donors (Lipinski definition) is 3. The highest BCUT2D eigenvalue weighted by Gasteiger charge is 2.32. The van der Waals surface area contributed by atoms with Gasteiger partial charge >= 0.3 is 6.55 Å². The molecule has 5 aromatic rings. The molecule has 0 bridgehead atoms. The molecule has 0 aliphatic heterocycles. The SMILES string of the molecule is N=C1C(c2cccc3[nH]ncc23)=CC(c2cnn(C(F)F)c2)c2nc(-c3ccncc3)[nH]c(=O)c21. The van der Waals surface area contributed by atoms with Crippen molar-refractivity contribution in [3.63, 3.8) is 0 Å². The van der Waals surface area contributed by atoms with E-state index in [4.69, 9.17) is 5.41 Å². The number of pyridine rings is 1. The van der Waals surface area contributed by atoms with Crippen LogP contribution in [-0.4, -0.2) is 40.6 Å². The number of nitrogens with zero attached hydrogens (tertiary/aromatic N) is 5. The molecule has 1 aliphatic carbocycles. The summed E-state index contributed by atoms with van der Waals surface area (Å²) >= 11 is 0. The van der Waals surface area contributed by atoms with Crippen LogP contribution in [0, 0.1) is 5.41 Å². The van der Waals surface area contributed by atoms with Crippen LogP contribution in [0.2, 0.25) is 0 Å². The first kappa shape index (κ1) is 20.8. The van der Waals surface area contributed by atoms with Crippen molar-refractivity contribution < 1.29 is 8.78 Å². The van der Waals surface area contributed by atoms with Gasteiger partial charge in [-0.05, 0) is 23.8 Å². The van der Waals surface area contributed by atoms with E-state index in [2.05, 4.69) is 30.2 Å². The minimum atomic E-state index is -2.81. The molecule has 0 fully saturated rings. The zero-order valence-electron chi connectivity index (χ0n) is 17.9. The maximum absolute atomic E-state index is 13.3. The lowest BCUT2D eigenvalue weighted by Gasteiger charge is -2.24. The lowest BCUT2D eigenvalue weighted by atomic mass is 9.81. The molecule has 4 heterocycles. The lowest BCUT2D eigenvalue weighted by molar-refractivity contribution is 0.0565. The Morgan fingerprint density at radius 1 is 1.11 bits per heavy atom. The van der Waals surface area contributed by atoms with Crippen LogP contribution in [0.15, 0.2) is 72.2 Å². The Morgan fingerprint density at radius 2 is 1.94 bits per heavy atom. The summed E-state index contributed by atoms with van der Waals surface area (Å²) in [5.74, 6) is -0.393. The molecule has 0 saturated heterocycles. The first-order valence-electron chi connectivity index (χ1n) is 10.6. The maximum Gasteiger partial charge on any atom is 0.333 e. The van der Waals surface area contributed by atoms with Crippen molar-refractivity contribution in [2.24, 2.45) is 0 Å². The smallest absolute Gasteiger partial charge is 0.306 e. The molecule has 0 saturated carbocycles. The molecule has 1 unspecified atom stereocenters. The van der Waals surface area contributed by atoms with Crippen molar-refractivity contribution in [3.8, 4) is 11.4 Å². The summed E-state index contributed by atoms with van der Waals surface area (Å²) in [6.07, 6.45) is 9.12. The predicted octanol–water partition coefficient (Wildman–Crippen LogP) is 3.90. The zero-order valence-corrected chi connectivity index (χ0v) is 17.9. The second kappa shape index (κ2) is 7.90. The molecule has 9 nitrogen and oxygen atoms in total. The Balaban J connectivity index is 1.60. The van der Waals surface area contributed by atoms with Crippen LogP contribution < -0.4 is 5.56 Å². The molecule has 4 aromatic heterocycles. The van der Waals surface area contributed by atoms with E-state index in [0.717, 1.165) is 10.9 Å². The third kappa shape index (κ3) is 3.36. The summed E-state index contributed by atoms with van der Waals surface area (Å²) < 4.78 is 27.2. The molecule has 0 spiro atoms. The fourth-order valence-electron chi connectivity index (χ4n) is 4.37. The molecule has 11 heteroatoms. The number of fused-ring (bicyclic) bond motifs is 2. The largest absolute Gasteiger partial charge is 0.333 e. The van der Waals surface area contributed by atoms with Crippen molar-refractivity contribution >= 4 is 22.2 Å². The highest BCUT2D eigenvalue weighted by molar-refractivity contribution is 6.33. The summed E-state index contributed by atoms with van der Waals surface area (Å²) in [7, 11) is 0. The van der Waals surface area contributed by atoms with E-state index in [0.29, 0.717) is 38.5 Å². The molecular weight excluding hydrogens is 454 g/mol. The van der Waals surface area contributed by atoms with Gasteiger partial charge in [0.1, 0.15) is 5.82 Å². The molecule has 1 atom stereocenters. The summed E-state index contributed by atoms with van der Waals surface area (Å²) in [6.45, 7) is -2.81. The number of benzene rings is 1. The van der Waals surface area contributed by atoms with Crippen LogP contribution >= 0.6 is 0 Å². The van der Waals surface area contributed by atoms with Gasteiger partial charge in [-0.15, -0.1) is 0 Å². The maximum atomic E-state index is 13.3. The Bertz CT molecular complexity index is 1680. The molecular formula is C24H16F2N8O. The van der Waals surface area contributed by atoms with E-state index in [1.807, 2.05) is 18.2 Å². The second-order valence-electron chi connectivity index (χ2n) is 8.01. The van der Waals surface area contributed by atoms with Crippen LogP contribution in [0.1, 0.15) is 34.9 Å². The molecule has 172 valence electrons. The number of aromatic nitrogens is 7. The summed E-state index contributed by atoms with van der Waals surface area (Å²) in [5.41, 5.74) is 2.85. The van der Waals surface area contributed by atoms with E-state index in [-0.39, 0.29) is 11.3 Å². The van der Waals surface area contributed by atoms with E-state index in [9.17, 15) is 13.6 Å². The molecule has 0 amide bonds. The highest BCUT2D eigenvalue weighted by atomic mass is 19.3. The Morgan fingerprint density at radius 3 is 2.71 bits per heavy atom. The zero-order chi connectivity index (χ0) is 24.1. The number of allylic oxidation sites excluding steroid dienone is 2. The van der Waals surface area contributed by atoms with Gasteiger partial charge < -0.3 is 4.98 Å². The number of halogens is 2. The van der Waals surface area contributed by atoms with Gasteiger partial charge in [-0.3, -0.25) is 20.3 Å². The van der Waals surface area contributed by atoms with Gasteiger partial charge in [0, 0.05) is 46.6 Å². The first-order valence-corrected chi connectivity index (χ1v) is 10.6. The van der Waals surface area contributed by atoms with E-state index in [1.54, 1.807) is 36.8 Å². The average molecular weight is 470 g/mol. The Kier molecular flexibility index (Phi) is 4.69. The van der Waals surface area contributed by atoms with Gasteiger partial charge in [-0.25, -0.2) is 9.67 Å². The van der Waals surface area contributed by atoms with Gasteiger partial charge in [0.25, 0.3) is 5.56 Å². The summed E-state index contributed by atoms with van der Waals surface area (Å²) in [6, 6.07) is 8.90. The van der Waals surface area contributed by atoms with Gasteiger partial charge in [0.15, 0.2) is 0 Å². The van der Waals surface area contributed by atoms with Crippen molar-refractivity contribution in [2.75, 3.05) is 0 Å². The van der Waals surface area contributed by atoms with Gasteiger partial charge in [-0.2, -0.15) is 19.0 Å². The van der Waals surface area contributed by atoms with Crippen molar-refractivity contribution in [2.45, 2.75) is 12.5 Å². The third-order valence-corrected chi connectivity index (χ3v) is 6.00. The molecule has 3 N–H and O–H groups in total. The van der Waals surface area contributed by atoms with Crippen LogP contribution in [0.25, 0.3) is 27.9 Å². The topological polar surface area (TPSA) is 129 Å². The number of aromatic amines is 2. The normalized spacial score (nSPS) is 15.5. The number of H-pyrrole nitrogens is 2. The Labute approximate surface area is 195 Å². The number of nitrogens with one attached hydrogen (secondary N) is 3. The average Bonchev–Trinajstić information content (AvgIpc) is 3.55. The fourth-order valence-corrected chi connectivity index (χ4v) is 4.37. The van der Waals surface area contributed by atoms with E-state index >= 15 is 0 Å². The van der Waals surface area contributed by atoms with Crippen LogP contribution in [-0.2, 0) is 0 Å². The molecule has 1 aliphatic rings. The lowest BCUT2D eigenvalue weighted by Crippen LogP contribution is -2.28. The predicted molar refractivity (Wildman–Crippen MR) is 124 cm³/mol. The van der Waals surface area contributed by atoms with Crippen LogP contribution in [0.4, 0.5) is 8.78 Å². The monoisotopic (exact) mass is 470 g/mol. The quantitative estimate of drug-likeness (QED) is 0.367. The number of hydrogen-bond acceptors (Lipinski definition) is 6. The standard InChI is InChI=1S/C24H16F2N8O/c25-24(26)34-11-13(9-30-34)15-8-16(14-2-1-3-18-17(14)10-29-33-18)20(27)19-21(15)31-22(32-23(19)35)12-4-6-28-7-5-12/h1-11,15,24,27H,(H,29,33)(H,31,32,35). The minimum Gasteiger partial charge on any atom is -0.306 e. The van der Waals surface area contributed by atoms with Crippen molar-refractivity contribution in [3.05, 3.63) is 100 Å². The van der Waals surface area contributed by atoms with E-state index < -0.39 is 18.0 Å². The second-order valence-corrected chi connectivity index (χ2v) is 8.01. The fraction of sp³-hybridized carbons (Fsp3) is 0.0833. The number of rotatable bonds is 4. The van der Waals surface area contributed by atoms with Crippen LogP contribution in [0.3, 0.4) is 0 Å². The Hall–Kier alpha value is -4.80. The summed E-state index contributed by atoms with van der Waals surface area (Å²) in [5, 5.41) is 20.5. The molecule has 35 heavy (non-hydrogen) atoms.